The van der Waals surface area contributed by atoms with E-state index in [1.807, 2.05) is 11.8 Å². The predicted molar refractivity (Wildman–Crippen MR) is 102 cm³/mol. The molecule has 0 aromatic heterocycles. The molecule has 0 unspecified atom stereocenters. The molecule has 0 bridgehead atoms. The monoisotopic (exact) mass is 349 g/mol. The minimum absolute atomic E-state index is 0.129. The fourth-order valence-corrected chi connectivity index (χ4v) is 3.37. The number of rotatable bonds is 8. The van der Waals surface area contributed by atoms with Gasteiger partial charge in [-0.1, -0.05) is 52.7 Å². The molecule has 0 aromatic carbocycles. The highest BCUT2D eigenvalue weighted by atomic mass is 16.3. The maximum Gasteiger partial charge on any atom is 0.201 e. The fourth-order valence-electron chi connectivity index (χ4n) is 3.37. The lowest BCUT2D eigenvalue weighted by Crippen LogP contribution is -2.59. The van der Waals surface area contributed by atoms with Crippen molar-refractivity contribution in [2.24, 2.45) is 11.8 Å². The van der Waals surface area contributed by atoms with Crippen LogP contribution in [0.4, 0.5) is 0 Å². The number of hydrogen-bond donors (Lipinski definition) is 1. The highest BCUT2D eigenvalue weighted by Gasteiger charge is 2.48. The third-order valence-corrected chi connectivity index (χ3v) is 5.07. The molecular formula is C21H35NO3. The summed E-state index contributed by atoms with van der Waals surface area (Å²) in [6.45, 7) is 14.5. The van der Waals surface area contributed by atoms with Crippen LogP contribution in [0.3, 0.4) is 0 Å². The van der Waals surface area contributed by atoms with Gasteiger partial charge in [-0.15, -0.1) is 0 Å². The van der Waals surface area contributed by atoms with Crippen LogP contribution in [0.5, 0.6) is 0 Å². The summed E-state index contributed by atoms with van der Waals surface area (Å²) >= 11 is 0. The lowest BCUT2D eigenvalue weighted by atomic mass is 9.78. The molecule has 1 heterocycles. The molecule has 1 aliphatic heterocycles. The van der Waals surface area contributed by atoms with Gasteiger partial charge in [0.15, 0.2) is 5.78 Å². The van der Waals surface area contributed by atoms with Crippen molar-refractivity contribution < 1.29 is 14.7 Å². The predicted octanol–water partition coefficient (Wildman–Crippen LogP) is 3.89. The first-order valence-electron chi connectivity index (χ1n) is 9.52. The third-order valence-electron chi connectivity index (χ3n) is 5.07. The number of allylic oxidation sites excluding steroid dienone is 1. The van der Waals surface area contributed by atoms with Crippen molar-refractivity contribution >= 4 is 11.6 Å². The van der Waals surface area contributed by atoms with Crippen LogP contribution in [-0.2, 0) is 9.59 Å². The second-order valence-corrected chi connectivity index (χ2v) is 7.92. The molecule has 1 rings (SSSR count). The van der Waals surface area contributed by atoms with Crippen LogP contribution in [0.1, 0.15) is 67.7 Å². The second-order valence-electron chi connectivity index (χ2n) is 7.92. The topological polar surface area (TPSA) is 57.6 Å². The molecule has 0 aromatic rings. The Kier molecular flexibility index (Phi) is 7.61. The van der Waals surface area contributed by atoms with Gasteiger partial charge in [0.2, 0.25) is 5.78 Å². The summed E-state index contributed by atoms with van der Waals surface area (Å²) in [5.41, 5.74) is -0.487. The zero-order valence-corrected chi connectivity index (χ0v) is 16.9. The number of Topliss-reactive ketones (excluding diaryl/α,β-unsaturated/α-hetero) is 2. The highest BCUT2D eigenvalue weighted by Crippen LogP contribution is 2.33. The maximum absolute atomic E-state index is 12.8. The fraction of sp³-hybridized carbons (Fsp3) is 0.714. The Labute approximate surface area is 153 Å². The molecular weight excluding hydrogens is 314 g/mol. The van der Waals surface area contributed by atoms with E-state index in [9.17, 15) is 14.7 Å². The van der Waals surface area contributed by atoms with Crippen LogP contribution >= 0.6 is 0 Å². The molecule has 0 aliphatic carbocycles. The highest BCUT2D eigenvalue weighted by molar-refractivity contribution is 6.23. The number of hydrogen-bond acceptors (Lipinski definition) is 4. The Balaban J connectivity index is 3.37. The Morgan fingerprint density at radius 3 is 2.44 bits per heavy atom. The minimum Gasteiger partial charge on any atom is -0.379 e. The molecule has 3 atom stereocenters. The van der Waals surface area contributed by atoms with E-state index in [2.05, 4.69) is 33.8 Å². The van der Waals surface area contributed by atoms with Gasteiger partial charge in [-0.25, -0.2) is 0 Å². The molecule has 1 aliphatic rings. The van der Waals surface area contributed by atoms with Gasteiger partial charge in [0.1, 0.15) is 5.60 Å². The van der Waals surface area contributed by atoms with E-state index < -0.39 is 17.4 Å². The lowest BCUT2D eigenvalue weighted by molar-refractivity contribution is -0.140. The van der Waals surface area contributed by atoms with Crippen LogP contribution in [0.25, 0.3) is 0 Å². The smallest absolute Gasteiger partial charge is 0.201 e. The summed E-state index contributed by atoms with van der Waals surface area (Å²) in [4.78, 5) is 27.0. The standard InChI is InChI=1S/C21H35NO3/c1-8-15(5)12-16(6)19-21(7,25)20(24)17(18(23)9-2)13-22(19)11-10-14(3)4/h12-15,19,25H,8-11H2,1-7H3/b16-12+/t15-,19+,21-/m0/s1. The van der Waals surface area contributed by atoms with Crippen molar-refractivity contribution in [3.63, 3.8) is 0 Å². The maximum atomic E-state index is 12.8. The van der Waals surface area contributed by atoms with Crippen molar-refractivity contribution in [1.29, 1.82) is 0 Å². The largest absolute Gasteiger partial charge is 0.379 e. The van der Waals surface area contributed by atoms with E-state index in [-0.39, 0.29) is 17.8 Å². The molecule has 142 valence electrons. The van der Waals surface area contributed by atoms with Gasteiger partial charge >= 0.3 is 0 Å². The summed E-state index contributed by atoms with van der Waals surface area (Å²) in [6, 6.07) is -0.429. The molecule has 0 amide bonds. The van der Waals surface area contributed by atoms with Crippen molar-refractivity contribution in [3.05, 3.63) is 23.4 Å². The van der Waals surface area contributed by atoms with E-state index in [0.29, 0.717) is 18.4 Å². The van der Waals surface area contributed by atoms with Gasteiger partial charge in [-0.05, 0) is 32.1 Å². The Hall–Kier alpha value is -1.42. The first-order valence-corrected chi connectivity index (χ1v) is 9.52. The molecule has 4 nitrogen and oxygen atoms in total. The normalized spacial score (nSPS) is 26.0. The zero-order chi connectivity index (χ0) is 19.4. The number of carbonyl (C=O) groups is 2. The molecule has 0 fully saturated rings. The van der Waals surface area contributed by atoms with Gasteiger partial charge in [0.05, 0.1) is 11.6 Å². The second kappa shape index (κ2) is 8.79. The first kappa shape index (κ1) is 21.6. The molecule has 0 saturated heterocycles. The third kappa shape index (κ3) is 5.04. The van der Waals surface area contributed by atoms with Gasteiger partial charge in [0, 0.05) is 19.2 Å². The average Bonchev–Trinajstić information content (AvgIpc) is 2.54. The number of ketones is 2. The summed E-state index contributed by atoms with van der Waals surface area (Å²) < 4.78 is 0. The lowest BCUT2D eigenvalue weighted by Gasteiger charge is -2.44. The molecule has 0 radical (unpaired) electrons. The molecule has 4 heteroatoms. The van der Waals surface area contributed by atoms with Gasteiger partial charge < -0.3 is 10.0 Å². The van der Waals surface area contributed by atoms with Crippen LogP contribution < -0.4 is 0 Å². The van der Waals surface area contributed by atoms with Crippen molar-refractivity contribution in [2.75, 3.05) is 6.54 Å². The van der Waals surface area contributed by atoms with Crippen LogP contribution in [0.2, 0.25) is 0 Å². The average molecular weight is 350 g/mol. The van der Waals surface area contributed by atoms with Crippen molar-refractivity contribution in [2.45, 2.75) is 79.4 Å². The van der Waals surface area contributed by atoms with Crippen molar-refractivity contribution in [1.82, 2.24) is 4.90 Å². The quantitative estimate of drug-likeness (QED) is 0.533. The van der Waals surface area contributed by atoms with E-state index in [1.165, 1.54) is 0 Å². The van der Waals surface area contributed by atoms with Crippen molar-refractivity contribution in [3.8, 4) is 0 Å². The van der Waals surface area contributed by atoms with E-state index >= 15 is 0 Å². The van der Waals surface area contributed by atoms with E-state index in [1.54, 1.807) is 20.0 Å². The number of aliphatic hydroxyl groups is 1. The zero-order valence-electron chi connectivity index (χ0n) is 16.9. The summed E-state index contributed by atoms with van der Waals surface area (Å²) in [7, 11) is 0. The molecule has 25 heavy (non-hydrogen) atoms. The molecule has 0 saturated carbocycles. The van der Waals surface area contributed by atoms with Crippen LogP contribution in [-0.4, -0.2) is 39.8 Å². The Morgan fingerprint density at radius 2 is 1.96 bits per heavy atom. The molecule has 1 N–H and O–H groups in total. The Morgan fingerprint density at radius 1 is 1.36 bits per heavy atom. The van der Waals surface area contributed by atoms with Gasteiger partial charge in [0.25, 0.3) is 0 Å². The van der Waals surface area contributed by atoms with Crippen LogP contribution in [0.15, 0.2) is 23.4 Å². The summed E-state index contributed by atoms with van der Waals surface area (Å²) in [5.74, 6) is 0.213. The van der Waals surface area contributed by atoms with E-state index in [0.717, 1.165) is 18.4 Å². The molecule has 0 spiro atoms. The first-order chi connectivity index (χ1) is 11.6. The Bertz CT molecular complexity index is 557. The SMILES string of the molecule is CCC(=O)C1=CN(CCC(C)C)[C@H](/C(C)=C/[C@@H](C)CC)[C@](C)(O)C1=O. The number of nitrogens with zero attached hydrogens (tertiary/aromatic N) is 1. The summed E-state index contributed by atoms with van der Waals surface area (Å²) in [5, 5.41) is 11.1. The number of carbonyl (C=O) groups excluding carboxylic acids is 2. The van der Waals surface area contributed by atoms with E-state index in [4.69, 9.17) is 0 Å². The minimum atomic E-state index is -1.60. The van der Waals surface area contributed by atoms with Gasteiger partial charge in [-0.3, -0.25) is 9.59 Å². The van der Waals surface area contributed by atoms with Gasteiger partial charge in [-0.2, -0.15) is 0 Å². The van der Waals surface area contributed by atoms with Crippen LogP contribution in [0, 0.1) is 11.8 Å². The summed E-state index contributed by atoms with van der Waals surface area (Å²) in [6.07, 6.45) is 6.02.